The predicted molar refractivity (Wildman–Crippen MR) is 70.2 cm³/mol. The van der Waals surface area contributed by atoms with Crippen LogP contribution in [0.25, 0.3) is 0 Å². The van der Waals surface area contributed by atoms with Gasteiger partial charge in [0, 0.05) is 12.7 Å². The molecule has 1 heterocycles. The van der Waals surface area contributed by atoms with E-state index in [1.165, 1.54) is 4.57 Å². The summed E-state index contributed by atoms with van der Waals surface area (Å²) >= 11 is 11.3. The number of carbonyl (C=O) groups is 2. The van der Waals surface area contributed by atoms with Crippen molar-refractivity contribution < 1.29 is 14.3 Å². The van der Waals surface area contributed by atoms with Crippen LogP contribution in [0.4, 0.5) is 0 Å². The molecule has 0 unspecified atom stereocenters. The summed E-state index contributed by atoms with van der Waals surface area (Å²) in [7, 11) is 1.63. The molecule has 0 aromatic carbocycles. The van der Waals surface area contributed by atoms with E-state index in [1.54, 1.807) is 33.9 Å². The molecule has 0 bridgehead atoms. The van der Waals surface area contributed by atoms with Gasteiger partial charge in [0.25, 0.3) is 5.24 Å². The van der Waals surface area contributed by atoms with E-state index in [0.717, 1.165) is 0 Å². The fraction of sp³-hybridized carbons (Fsp3) is 0.500. The molecule has 0 saturated carbocycles. The fourth-order valence-corrected chi connectivity index (χ4v) is 2.15. The lowest BCUT2D eigenvalue weighted by Gasteiger charge is -2.19. The number of aromatic nitrogens is 1. The number of rotatable bonds is 3. The first-order valence-electron chi connectivity index (χ1n) is 5.37. The predicted octanol–water partition coefficient (Wildman–Crippen LogP) is 2.94. The Morgan fingerprint density at radius 3 is 2.33 bits per heavy atom. The first kappa shape index (κ1) is 15.1. The van der Waals surface area contributed by atoms with Gasteiger partial charge in [0.2, 0.25) is 0 Å². The molecule has 0 atom stereocenters. The van der Waals surface area contributed by atoms with Gasteiger partial charge in [-0.2, -0.15) is 0 Å². The molecule has 4 nitrogen and oxygen atoms in total. The zero-order chi connectivity index (χ0) is 14.1. The maximum Gasteiger partial charge on any atom is 0.312 e. The van der Waals surface area contributed by atoms with Crippen LogP contribution in [0.2, 0.25) is 5.02 Å². The van der Waals surface area contributed by atoms with Crippen LogP contribution >= 0.6 is 23.2 Å². The van der Waals surface area contributed by atoms with E-state index in [-0.39, 0.29) is 23.1 Å². The van der Waals surface area contributed by atoms with Crippen molar-refractivity contribution in [1.82, 2.24) is 4.57 Å². The first-order valence-corrected chi connectivity index (χ1v) is 6.13. The monoisotopic (exact) mass is 291 g/mol. The number of nitrogens with zero attached hydrogens (tertiary/aromatic N) is 1. The molecule has 1 aromatic rings. The number of halogens is 2. The number of hydrogen-bond acceptors (Lipinski definition) is 3. The van der Waals surface area contributed by atoms with E-state index < -0.39 is 10.8 Å². The van der Waals surface area contributed by atoms with Crippen LogP contribution in [0, 0.1) is 0 Å². The summed E-state index contributed by atoms with van der Waals surface area (Å²) in [6, 6.07) is 1.54. The Balaban J connectivity index is 2.90. The average molecular weight is 292 g/mol. The van der Waals surface area contributed by atoms with Crippen LogP contribution in [-0.2, 0) is 23.0 Å². The van der Waals surface area contributed by atoms with Crippen molar-refractivity contribution in [1.29, 1.82) is 0 Å². The molecule has 0 aliphatic rings. The third-order valence-electron chi connectivity index (χ3n) is 2.22. The van der Waals surface area contributed by atoms with Crippen LogP contribution in [0.5, 0.6) is 0 Å². The molecular formula is C12H15Cl2NO3. The van der Waals surface area contributed by atoms with E-state index in [2.05, 4.69) is 0 Å². The molecule has 1 rings (SSSR count). The van der Waals surface area contributed by atoms with Gasteiger partial charge in [-0.05, 0) is 38.4 Å². The van der Waals surface area contributed by atoms with Crippen LogP contribution < -0.4 is 0 Å². The second-order valence-electron chi connectivity index (χ2n) is 4.93. The van der Waals surface area contributed by atoms with Gasteiger partial charge in [-0.25, -0.2) is 0 Å². The lowest BCUT2D eigenvalue weighted by atomic mass is 10.2. The highest BCUT2D eigenvalue weighted by atomic mass is 35.5. The van der Waals surface area contributed by atoms with Crippen molar-refractivity contribution in [2.75, 3.05) is 0 Å². The number of esters is 1. The van der Waals surface area contributed by atoms with Crippen molar-refractivity contribution in [3.63, 3.8) is 0 Å². The van der Waals surface area contributed by atoms with Crippen molar-refractivity contribution in [2.24, 2.45) is 7.05 Å². The highest BCUT2D eigenvalue weighted by Gasteiger charge is 2.21. The largest absolute Gasteiger partial charge is 0.460 e. The molecule has 0 radical (unpaired) electrons. The van der Waals surface area contributed by atoms with Gasteiger partial charge < -0.3 is 9.30 Å². The molecule has 100 valence electrons. The van der Waals surface area contributed by atoms with Gasteiger partial charge in [-0.1, -0.05) is 11.6 Å². The van der Waals surface area contributed by atoms with Gasteiger partial charge in [0.05, 0.1) is 11.4 Å². The topological polar surface area (TPSA) is 48.3 Å². The molecule has 1 aromatic heterocycles. The lowest BCUT2D eigenvalue weighted by molar-refractivity contribution is -0.154. The van der Waals surface area contributed by atoms with Gasteiger partial charge in [-0.15, -0.1) is 0 Å². The highest BCUT2D eigenvalue weighted by Crippen LogP contribution is 2.23. The Bertz CT molecular complexity index is 486. The Kier molecular flexibility index (Phi) is 4.46. The summed E-state index contributed by atoms with van der Waals surface area (Å²) in [6.45, 7) is 5.36. The SMILES string of the molecule is Cn1c(CC(=O)OC(C)(C)C)cc(Cl)c1C(=O)Cl. The second kappa shape index (κ2) is 5.33. The van der Waals surface area contributed by atoms with Crippen molar-refractivity contribution in [3.05, 3.63) is 22.5 Å². The van der Waals surface area contributed by atoms with E-state index in [0.29, 0.717) is 5.69 Å². The highest BCUT2D eigenvalue weighted by molar-refractivity contribution is 6.68. The first-order chi connectivity index (χ1) is 8.11. The van der Waals surface area contributed by atoms with Crippen LogP contribution in [-0.4, -0.2) is 21.4 Å². The Morgan fingerprint density at radius 1 is 1.39 bits per heavy atom. The third-order valence-corrected chi connectivity index (χ3v) is 2.68. The lowest BCUT2D eigenvalue weighted by Crippen LogP contribution is -2.25. The molecule has 0 fully saturated rings. The fourth-order valence-electron chi connectivity index (χ4n) is 1.54. The van der Waals surface area contributed by atoms with Crippen molar-refractivity contribution in [2.45, 2.75) is 32.8 Å². The molecule has 0 aliphatic carbocycles. The van der Waals surface area contributed by atoms with E-state index in [1.807, 2.05) is 0 Å². The molecule has 0 amide bonds. The number of ether oxygens (including phenoxy) is 1. The molecule has 0 saturated heterocycles. The summed E-state index contributed by atoms with van der Waals surface area (Å²) in [5.74, 6) is -0.381. The van der Waals surface area contributed by atoms with Gasteiger partial charge in [0.15, 0.2) is 0 Å². The maximum absolute atomic E-state index is 11.7. The summed E-state index contributed by atoms with van der Waals surface area (Å²) in [5, 5.41) is -0.422. The Morgan fingerprint density at radius 2 is 1.94 bits per heavy atom. The zero-order valence-corrected chi connectivity index (χ0v) is 12.2. The molecule has 0 spiro atoms. The van der Waals surface area contributed by atoms with Crippen LogP contribution in [0.1, 0.15) is 37.0 Å². The summed E-state index contributed by atoms with van der Waals surface area (Å²) < 4.78 is 6.69. The summed E-state index contributed by atoms with van der Waals surface area (Å²) in [5.41, 5.74) is 0.215. The van der Waals surface area contributed by atoms with Crippen LogP contribution in [0.15, 0.2) is 6.07 Å². The smallest absolute Gasteiger partial charge is 0.312 e. The zero-order valence-electron chi connectivity index (χ0n) is 10.7. The normalized spacial score (nSPS) is 11.4. The third kappa shape index (κ3) is 3.75. The minimum Gasteiger partial charge on any atom is -0.460 e. The molecule has 6 heteroatoms. The minimum atomic E-state index is -0.655. The molecule has 0 N–H and O–H groups in total. The summed E-state index contributed by atoms with van der Waals surface area (Å²) in [6.07, 6.45) is 0.0393. The summed E-state index contributed by atoms with van der Waals surface area (Å²) in [4.78, 5) is 22.8. The van der Waals surface area contributed by atoms with E-state index in [4.69, 9.17) is 27.9 Å². The van der Waals surface area contributed by atoms with Gasteiger partial charge in [-0.3, -0.25) is 9.59 Å². The molecular weight excluding hydrogens is 277 g/mol. The molecule has 0 aliphatic heterocycles. The maximum atomic E-state index is 11.7. The average Bonchev–Trinajstić information content (AvgIpc) is 2.37. The van der Waals surface area contributed by atoms with Crippen molar-refractivity contribution >= 4 is 34.4 Å². The second-order valence-corrected chi connectivity index (χ2v) is 5.68. The quantitative estimate of drug-likeness (QED) is 0.635. The van der Waals surface area contributed by atoms with Gasteiger partial charge >= 0.3 is 5.97 Å². The minimum absolute atomic E-state index is 0.0393. The molecule has 18 heavy (non-hydrogen) atoms. The van der Waals surface area contributed by atoms with Crippen LogP contribution in [0.3, 0.4) is 0 Å². The van der Waals surface area contributed by atoms with E-state index in [9.17, 15) is 9.59 Å². The number of hydrogen-bond donors (Lipinski definition) is 0. The number of carbonyl (C=O) groups excluding carboxylic acids is 2. The van der Waals surface area contributed by atoms with E-state index >= 15 is 0 Å². The Labute approximate surface area is 116 Å². The standard InChI is InChI=1S/C12H15Cl2NO3/c1-12(2,3)18-9(16)6-7-5-8(13)10(11(14)17)15(7)4/h5H,6H2,1-4H3. The Hall–Kier alpha value is -1.00. The van der Waals surface area contributed by atoms with Crippen molar-refractivity contribution in [3.8, 4) is 0 Å². The van der Waals surface area contributed by atoms with Gasteiger partial charge in [0.1, 0.15) is 11.3 Å².